The molecular weight excluding hydrogens is 312 g/mol. The Bertz CT molecular complexity index is 585. The molecule has 1 saturated carbocycles. The van der Waals surface area contributed by atoms with Crippen LogP contribution in [0.1, 0.15) is 52.4 Å². The fourth-order valence-electron chi connectivity index (χ4n) is 3.58. The molecule has 0 bridgehead atoms. The van der Waals surface area contributed by atoms with Gasteiger partial charge in [0.2, 0.25) is 5.56 Å². The van der Waals surface area contributed by atoms with Crippen molar-refractivity contribution in [3.8, 4) is 0 Å². The fraction of sp³-hybridized carbons (Fsp3) is 0.700. The summed E-state index contributed by atoms with van der Waals surface area (Å²) in [6, 6.07) is 5.84. The monoisotopic (exact) mass is 346 g/mol. The van der Waals surface area contributed by atoms with Crippen molar-refractivity contribution < 1.29 is 0 Å². The van der Waals surface area contributed by atoms with E-state index < -0.39 is 0 Å². The number of nitrogens with zero attached hydrogens (tertiary/aromatic N) is 2. The maximum absolute atomic E-state index is 11.6. The van der Waals surface area contributed by atoms with Crippen LogP contribution in [0.2, 0.25) is 0 Å². The van der Waals surface area contributed by atoms with E-state index in [1.807, 2.05) is 19.3 Å². The maximum Gasteiger partial charge on any atom is 0.250 e. The molecule has 0 radical (unpaired) electrons. The summed E-state index contributed by atoms with van der Waals surface area (Å²) in [5, 5.41) is 6.97. The number of hydrogen-bond donors (Lipinski definition) is 2. The quantitative estimate of drug-likeness (QED) is 0.453. The first kappa shape index (κ1) is 19.5. The molecule has 1 aromatic heterocycles. The van der Waals surface area contributed by atoms with Gasteiger partial charge in [-0.25, -0.2) is 0 Å². The molecule has 1 heterocycles. The topological polar surface area (TPSA) is 58.4 Å². The van der Waals surface area contributed by atoms with Crippen LogP contribution in [0.25, 0.3) is 0 Å². The van der Waals surface area contributed by atoms with Crippen molar-refractivity contribution in [1.82, 2.24) is 15.2 Å². The van der Waals surface area contributed by atoms with Gasteiger partial charge in [0.25, 0.3) is 0 Å². The summed E-state index contributed by atoms with van der Waals surface area (Å²) in [6.45, 7) is 6.32. The molecule has 0 unspecified atom stereocenters. The van der Waals surface area contributed by atoms with Crippen LogP contribution >= 0.6 is 0 Å². The number of guanidine groups is 1. The van der Waals surface area contributed by atoms with Crippen molar-refractivity contribution in [2.24, 2.45) is 16.8 Å². The average molecular weight is 347 g/mol. The Labute approximate surface area is 151 Å². The molecule has 25 heavy (non-hydrogen) atoms. The summed E-state index contributed by atoms with van der Waals surface area (Å²) < 4.78 is 1.76. The van der Waals surface area contributed by atoms with Crippen molar-refractivity contribution >= 4 is 5.96 Å². The highest BCUT2D eigenvalue weighted by Gasteiger charge is 2.23. The molecule has 0 amide bonds. The minimum atomic E-state index is 0.0740. The van der Waals surface area contributed by atoms with Gasteiger partial charge in [-0.15, -0.1) is 0 Å². The molecule has 2 rings (SSSR count). The average Bonchev–Trinajstić information content (AvgIpc) is 2.62. The van der Waals surface area contributed by atoms with Crippen LogP contribution in [0, 0.1) is 11.8 Å². The smallest absolute Gasteiger partial charge is 0.250 e. The third kappa shape index (κ3) is 6.56. The molecule has 5 heteroatoms. The van der Waals surface area contributed by atoms with Crippen molar-refractivity contribution in [3.05, 3.63) is 34.7 Å². The van der Waals surface area contributed by atoms with E-state index in [0.29, 0.717) is 6.04 Å². The van der Waals surface area contributed by atoms with E-state index in [0.717, 1.165) is 43.7 Å². The minimum absolute atomic E-state index is 0.0740. The molecule has 2 N–H and O–H groups in total. The predicted molar refractivity (Wildman–Crippen MR) is 105 cm³/mol. The Morgan fingerprint density at radius 2 is 2.00 bits per heavy atom. The van der Waals surface area contributed by atoms with Crippen LogP contribution < -0.4 is 16.2 Å². The molecule has 0 aromatic carbocycles. The van der Waals surface area contributed by atoms with E-state index in [1.165, 1.54) is 25.7 Å². The molecule has 0 saturated heterocycles. The molecular formula is C20H34N4O. The summed E-state index contributed by atoms with van der Waals surface area (Å²) in [7, 11) is 1.83. The summed E-state index contributed by atoms with van der Waals surface area (Å²) in [5.74, 6) is 2.59. The second kappa shape index (κ2) is 10.3. The Morgan fingerprint density at radius 3 is 2.64 bits per heavy atom. The fourth-order valence-corrected chi connectivity index (χ4v) is 3.58. The number of pyridine rings is 1. The third-order valence-corrected chi connectivity index (χ3v) is 5.30. The molecule has 1 aliphatic rings. The molecule has 0 atom stereocenters. The van der Waals surface area contributed by atoms with Gasteiger partial charge < -0.3 is 15.2 Å². The van der Waals surface area contributed by atoms with E-state index in [1.54, 1.807) is 16.7 Å². The van der Waals surface area contributed by atoms with Gasteiger partial charge in [0.15, 0.2) is 5.96 Å². The SMILES string of the molecule is CN=C(NCCCCn1ccccc1=O)NC1CCC(C(C)C)CC1. The van der Waals surface area contributed by atoms with Gasteiger partial charge in [0.1, 0.15) is 0 Å². The summed E-state index contributed by atoms with van der Waals surface area (Å²) in [6.07, 6.45) is 8.95. The second-order valence-corrected chi connectivity index (χ2v) is 7.44. The Kier molecular flexibility index (Phi) is 8.02. The number of aliphatic imine (C=N–C) groups is 1. The van der Waals surface area contributed by atoms with Gasteiger partial charge in [0, 0.05) is 38.4 Å². The van der Waals surface area contributed by atoms with Gasteiger partial charge >= 0.3 is 0 Å². The maximum atomic E-state index is 11.6. The molecule has 140 valence electrons. The van der Waals surface area contributed by atoms with Crippen molar-refractivity contribution in [2.75, 3.05) is 13.6 Å². The number of nitrogens with one attached hydrogen (secondary N) is 2. The van der Waals surface area contributed by atoms with E-state index in [2.05, 4.69) is 29.5 Å². The molecule has 1 fully saturated rings. The van der Waals surface area contributed by atoms with E-state index in [4.69, 9.17) is 0 Å². The molecule has 1 aromatic rings. The molecule has 5 nitrogen and oxygen atoms in total. The zero-order valence-electron chi connectivity index (χ0n) is 16.0. The highest BCUT2D eigenvalue weighted by Crippen LogP contribution is 2.29. The highest BCUT2D eigenvalue weighted by atomic mass is 16.1. The van der Waals surface area contributed by atoms with Crippen LogP contribution in [-0.2, 0) is 6.54 Å². The van der Waals surface area contributed by atoms with Crippen LogP contribution in [0.15, 0.2) is 34.2 Å². The van der Waals surface area contributed by atoms with Crippen molar-refractivity contribution in [3.63, 3.8) is 0 Å². The normalized spacial score (nSPS) is 21.4. The molecule has 0 spiro atoms. The second-order valence-electron chi connectivity index (χ2n) is 7.44. The lowest BCUT2D eigenvalue weighted by molar-refractivity contribution is 0.250. The Hall–Kier alpha value is -1.78. The van der Waals surface area contributed by atoms with E-state index in [9.17, 15) is 4.79 Å². The standard InChI is InChI=1S/C20H34N4O/c1-16(2)17-9-11-18(12-10-17)23-20(21-3)22-13-5-7-15-24-14-6-4-8-19(24)25/h4,6,8,14,16-18H,5,7,9-13,15H2,1-3H3,(H2,21,22,23). The van der Waals surface area contributed by atoms with Gasteiger partial charge in [-0.05, 0) is 56.4 Å². The number of aryl methyl sites for hydroxylation is 1. The summed E-state index contributed by atoms with van der Waals surface area (Å²) >= 11 is 0. The summed E-state index contributed by atoms with van der Waals surface area (Å²) in [5.41, 5.74) is 0.0740. The van der Waals surface area contributed by atoms with Gasteiger partial charge in [-0.1, -0.05) is 19.9 Å². The third-order valence-electron chi connectivity index (χ3n) is 5.30. The molecule has 1 aliphatic carbocycles. The Balaban J connectivity index is 1.62. The van der Waals surface area contributed by atoms with Crippen LogP contribution in [0.3, 0.4) is 0 Å². The number of rotatable bonds is 7. The van der Waals surface area contributed by atoms with Gasteiger partial charge in [0.05, 0.1) is 0 Å². The summed E-state index contributed by atoms with van der Waals surface area (Å²) in [4.78, 5) is 16.0. The lowest BCUT2D eigenvalue weighted by atomic mass is 9.80. The molecule has 0 aliphatic heterocycles. The lowest BCUT2D eigenvalue weighted by Crippen LogP contribution is -2.45. The first-order valence-corrected chi connectivity index (χ1v) is 9.72. The zero-order valence-corrected chi connectivity index (χ0v) is 16.0. The highest BCUT2D eigenvalue weighted by molar-refractivity contribution is 5.79. The van der Waals surface area contributed by atoms with Crippen LogP contribution in [0.5, 0.6) is 0 Å². The lowest BCUT2D eigenvalue weighted by Gasteiger charge is -2.32. The number of aromatic nitrogens is 1. The van der Waals surface area contributed by atoms with Gasteiger partial charge in [-0.3, -0.25) is 9.79 Å². The number of unbranched alkanes of at least 4 members (excludes halogenated alkanes) is 1. The first-order chi connectivity index (χ1) is 12.1. The number of hydrogen-bond acceptors (Lipinski definition) is 2. The zero-order chi connectivity index (χ0) is 18.1. The van der Waals surface area contributed by atoms with Crippen LogP contribution in [0.4, 0.5) is 0 Å². The van der Waals surface area contributed by atoms with Crippen molar-refractivity contribution in [2.45, 2.75) is 65.0 Å². The largest absolute Gasteiger partial charge is 0.356 e. The Morgan fingerprint density at radius 1 is 1.24 bits per heavy atom. The van der Waals surface area contributed by atoms with Crippen molar-refractivity contribution in [1.29, 1.82) is 0 Å². The van der Waals surface area contributed by atoms with E-state index in [-0.39, 0.29) is 5.56 Å². The van der Waals surface area contributed by atoms with E-state index >= 15 is 0 Å². The predicted octanol–water partition coefficient (Wildman–Crippen LogP) is 3.01. The van der Waals surface area contributed by atoms with Crippen LogP contribution in [-0.4, -0.2) is 30.2 Å². The first-order valence-electron chi connectivity index (χ1n) is 9.72. The van der Waals surface area contributed by atoms with Gasteiger partial charge in [-0.2, -0.15) is 0 Å². The minimum Gasteiger partial charge on any atom is -0.356 e.